The third-order valence-corrected chi connectivity index (χ3v) is 3.98. The van der Waals surface area contributed by atoms with Gasteiger partial charge in [0.1, 0.15) is 0 Å². The van der Waals surface area contributed by atoms with Gasteiger partial charge in [0.2, 0.25) is 11.7 Å². The lowest BCUT2D eigenvalue weighted by atomic mass is 10.1. The van der Waals surface area contributed by atoms with E-state index in [9.17, 15) is 15.2 Å². The van der Waals surface area contributed by atoms with Crippen LogP contribution in [-0.2, 0) is 4.74 Å². The Morgan fingerprint density at radius 2 is 2.03 bits per heavy atom. The number of phenolic OH excluding ortho intramolecular Hbond substituents is 1. The van der Waals surface area contributed by atoms with Crippen molar-refractivity contribution in [2.45, 2.75) is 0 Å². The molecule has 1 aliphatic heterocycles. The Balaban J connectivity index is 1.84. The van der Waals surface area contributed by atoms with Gasteiger partial charge in [0.15, 0.2) is 5.75 Å². The summed E-state index contributed by atoms with van der Waals surface area (Å²) in [4.78, 5) is 25.2. The topological polar surface area (TPSA) is 157 Å². The van der Waals surface area contributed by atoms with Crippen molar-refractivity contribution in [2.75, 3.05) is 50.8 Å². The average Bonchev–Trinajstić information content (AvgIpc) is 2.74. The number of benzene rings is 1. The van der Waals surface area contributed by atoms with Crippen molar-refractivity contribution in [3.05, 3.63) is 27.8 Å². The maximum absolute atomic E-state index is 11.4. The molecule has 29 heavy (non-hydrogen) atoms. The van der Waals surface area contributed by atoms with Crippen molar-refractivity contribution < 1.29 is 24.2 Å². The minimum Gasteiger partial charge on any atom is -0.504 e. The smallest absolute Gasteiger partial charge is 0.323 e. The van der Waals surface area contributed by atoms with E-state index in [0.717, 1.165) is 0 Å². The predicted octanol–water partition coefficient (Wildman–Crippen LogP) is 0.785. The van der Waals surface area contributed by atoms with E-state index in [1.54, 1.807) is 0 Å². The van der Waals surface area contributed by atoms with E-state index in [1.165, 1.54) is 32.6 Å². The summed E-state index contributed by atoms with van der Waals surface area (Å²) < 4.78 is 15.3. The van der Waals surface area contributed by atoms with Crippen molar-refractivity contribution in [2.24, 2.45) is 5.10 Å². The number of nitrogens with zero attached hydrogens (tertiary/aromatic N) is 6. The second kappa shape index (κ2) is 8.97. The molecule has 1 aliphatic rings. The number of aromatic hydroxyl groups is 1. The summed E-state index contributed by atoms with van der Waals surface area (Å²) in [5.74, 6) is -0.102. The van der Waals surface area contributed by atoms with Crippen molar-refractivity contribution in [1.82, 2.24) is 15.0 Å². The lowest BCUT2D eigenvalue weighted by Crippen LogP contribution is -2.37. The number of anilines is 2. The number of hydrogen-bond acceptors (Lipinski definition) is 12. The number of morpholine rings is 1. The number of aromatic nitrogens is 3. The fourth-order valence-corrected chi connectivity index (χ4v) is 2.62. The summed E-state index contributed by atoms with van der Waals surface area (Å²) in [6.45, 7) is 2.35. The molecule has 0 amide bonds. The second-order valence-electron chi connectivity index (χ2n) is 5.73. The molecule has 1 saturated heterocycles. The van der Waals surface area contributed by atoms with Crippen LogP contribution < -0.4 is 19.8 Å². The second-order valence-corrected chi connectivity index (χ2v) is 5.73. The van der Waals surface area contributed by atoms with Crippen LogP contribution in [0.3, 0.4) is 0 Å². The highest BCUT2D eigenvalue weighted by Gasteiger charge is 2.23. The summed E-state index contributed by atoms with van der Waals surface area (Å²) in [5.41, 5.74) is 2.31. The molecule has 13 nitrogen and oxygen atoms in total. The zero-order valence-electron chi connectivity index (χ0n) is 15.7. The van der Waals surface area contributed by atoms with Crippen molar-refractivity contribution in [1.29, 1.82) is 0 Å². The number of phenols is 1. The first-order chi connectivity index (χ1) is 14.0. The van der Waals surface area contributed by atoms with E-state index in [1.807, 2.05) is 4.90 Å². The Labute approximate surface area is 165 Å². The van der Waals surface area contributed by atoms with Gasteiger partial charge in [-0.15, -0.1) is 0 Å². The van der Waals surface area contributed by atoms with Gasteiger partial charge in [-0.05, 0) is 12.1 Å². The minimum atomic E-state index is -0.664. The first-order valence-electron chi connectivity index (χ1n) is 8.49. The van der Waals surface area contributed by atoms with Crippen LogP contribution in [0.5, 0.6) is 17.5 Å². The number of hydrazone groups is 1. The van der Waals surface area contributed by atoms with Gasteiger partial charge in [-0.3, -0.25) is 10.1 Å². The van der Waals surface area contributed by atoms with E-state index in [0.29, 0.717) is 32.3 Å². The number of rotatable bonds is 7. The molecule has 0 bridgehead atoms. The van der Waals surface area contributed by atoms with E-state index < -0.39 is 10.6 Å². The van der Waals surface area contributed by atoms with E-state index in [2.05, 4.69) is 25.5 Å². The van der Waals surface area contributed by atoms with Crippen molar-refractivity contribution in [3.63, 3.8) is 0 Å². The molecule has 0 saturated carbocycles. The molecule has 2 aromatic rings. The first-order valence-corrected chi connectivity index (χ1v) is 8.49. The van der Waals surface area contributed by atoms with Crippen LogP contribution in [-0.4, -0.2) is 71.7 Å². The molecule has 0 spiro atoms. The van der Waals surface area contributed by atoms with Gasteiger partial charge in [0, 0.05) is 13.1 Å². The van der Waals surface area contributed by atoms with Crippen LogP contribution in [0.25, 0.3) is 0 Å². The van der Waals surface area contributed by atoms with Crippen LogP contribution in [0.15, 0.2) is 17.2 Å². The molecular weight excluding hydrogens is 386 g/mol. The maximum Gasteiger partial charge on any atom is 0.323 e. The van der Waals surface area contributed by atoms with Gasteiger partial charge in [0.05, 0.1) is 44.1 Å². The van der Waals surface area contributed by atoms with E-state index >= 15 is 0 Å². The number of methoxy groups -OCH3 is 2. The standard InChI is InChI=1S/C16H19N7O6/c1-27-13-11(24)4-3-10(12(13)23(25)26)9-17-21-14-18-15(20-16(19-14)28-2)22-5-7-29-8-6-22/h3-4,9,24H,5-8H2,1-2H3,(H,18,19,20,21). The van der Waals surface area contributed by atoms with Crippen LogP contribution in [0.1, 0.15) is 5.56 Å². The molecule has 1 aromatic carbocycles. The third kappa shape index (κ3) is 4.57. The Bertz CT molecular complexity index is 917. The molecule has 1 fully saturated rings. The molecule has 154 valence electrons. The summed E-state index contributed by atoms with van der Waals surface area (Å²) in [7, 11) is 2.66. The highest BCUT2D eigenvalue weighted by molar-refractivity contribution is 5.88. The molecule has 2 heterocycles. The Kier molecular flexibility index (Phi) is 6.19. The molecular formula is C16H19N7O6. The number of ether oxygens (including phenoxy) is 3. The Morgan fingerprint density at radius 3 is 2.69 bits per heavy atom. The van der Waals surface area contributed by atoms with Gasteiger partial charge in [-0.2, -0.15) is 20.1 Å². The van der Waals surface area contributed by atoms with Crippen molar-refractivity contribution >= 4 is 23.8 Å². The monoisotopic (exact) mass is 405 g/mol. The largest absolute Gasteiger partial charge is 0.504 e. The predicted molar refractivity (Wildman–Crippen MR) is 102 cm³/mol. The fraction of sp³-hybridized carbons (Fsp3) is 0.375. The molecule has 1 aromatic heterocycles. The lowest BCUT2D eigenvalue weighted by molar-refractivity contribution is -0.385. The van der Waals surface area contributed by atoms with Gasteiger partial charge in [0.25, 0.3) is 5.95 Å². The Hall–Kier alpha value is -3.74. The van der Waals surface area contributed by atoms with Gasteiger partial charge in [-0.25, -0.2) is 5.43 Å². The SMILES string of the molecule is COc1nc(NN=Cc2ccc(O)c(OC)c2[N+](=O)[O-])nc(N2CCOCC2)n1. The molecule has 0 atom stereocenters. The lowest BCUT2D eigenvalue weighted by Gasteiger charge is -2.26. The van der Waals surface area contributed by atoms with Gasteiger partial charge >= 0.3 is 11.7 Å². The van der Waals surface area contributed by atoms with E-state index in [-0.39, 0.29) is 29.0 Å². The Morgan fingerprint density at radius 1 is 1.28 bits per heavy atom. The summed E-state index contributed by atoms with van der Waals surface area (Å²) in [5, 5.41) is 25.0. The number of nitro groups is 1. The third-order valence-electron chi connectivity index (χ3n) is 3.98. The zero-order chi connectivity index (χ0) is 20.8. The van der Waals surface area contributed by atoms with Crippen LogP contribution in [0, 0.1) is 10.1 Å². The maximum atomic E-state index is 11.4. The van der Waals surface area contributed by atoms with Crippen LogP contribution in [0.2, 0.25) is 0 Å². The number of hydrogen-bond donors (Lipinski definition) is 2. The van der Waals surface area contributed by atoms with Crippen molar-refractivity contribution in [3.8, 4) is 17.5 Å². The highest BCUT2D eigenvalue weighted by atomic mass is 16.6. The van der Waals surface area contributed by atoms with Gasteiger partial charge in [-0.1, -0.05) is 0 Å². The fourth-order valence-electron chi connectivity index (χ4n) is 2.62. The van der Waals surface area contributed by atoms with Gasteiger partial charge < -0.3 is 24.2 Å². The molecule has 0 radical (unpaired) electrons. The molecule has 2 N–H and O–H groups in total. The number of nitrogens with one attached hydrogen (secondary N) is 1. The van der Waals surface area contributed by atoms with Crippen LogP contribution in [0.4, 0.5) is 17.6 Å². The molecule has 3 rings (SSSR count). The summed E-state index contributed by atoms with van der Waals surface area (Å²) in [6.07, 6.45) is 1.20. The summed E-state index contributed by atoms with van der Waals surface area (Å²) >= 11 is 0. The average molecular weight is 405 g/mol. The summed E-state index contributed by atoms with van der Waals surface area (Å²) in [6, 6.07) is 2.71. The zero-order valence-corrected chi connectivity index (χ0v) is 15.7. The molecule has 0 aliphatic carbocycles. The first kappa shape index (κ1) is 20.0. The van der Waals surface area contributed by atoms with E-state index in [4.69, 9.17) is 14.2 Å². The minimum absolute atomic E-state index is 0.0940. The number of nitro benzene ring substituents is 1. The normalized spacial score (nSPS) is 14.1. The highest BCUT2D eigenvalue weighted by Crippen LogP contribution is 2.37. The van der Waals surface area contributed by atoms with Crippen LogP contribution >= 0.6 is 0 Å². The molecule has 0 unspecified atom stereocenters. The quantitative estimate of drug-likeness (QED) is 0.381. The molecule has 13 heteroatoms.